The molecule has 3 rings (SSSR count). The molecule has 0 aromatic heterocycles. The third kappa shape index (κ3) is 1.43. The molecule has 0 amide bonds. The normalized spacial score (nSPS) is 36.4. The lowest BCUT2D eigenvalue weighted by atomic mass is 9.71. The molecule has 1 fully saturated rings. The van der Waals surface area contributed by atoms with Crippen LogP contribution in [0.15, 0.2) is 24.3 Å². The maximum absolute atomic E-state index is 6.20. The van der Waals surface area contributed by atoms with E-state index < -0.39 is 0 Å². The standard InChI is InChI=1S/C13H17NO2/c1-15-9-6-13(7-9)8-11(14)10-4-2-3-5-12(10)16-13/h2-5,9,11H,6-8,14H2,1H3/t9?,11-,13?/m1/s1. The van der Waals surface area contributed by atoms with Gasteiger partial charge >= 0.3 is 0 Å². The van der Waals surface area contributed by atoms with Crippen LogP contribution in [0.4, 0.5) is 0 Å². The molecule has 2 aliphatic rings. The number of rotatable bonds is 1. The fourth-order valence-corrected chi connectivity index (χ4v) is 2.85. The van der Waals surface area contributed by atoms with E-state index in [9.17, 15) is 0 Å². The zero-order valence-corrected chi connectivity index (χ0v) is 9.48. The molecule has 3 nitrogen and oxygen atoms in total. The van der Waals surface area contributed by atoms with Crippen LogP contribution in [-0.2, 0) is 4.74 Å². The molecule has 0 saturated heterocycles. The van der Waals surface area contributed by atoms with E-state index in [0.29, 0.717) is 6.10 Å². The number of fused-ring (bicyclic) bond motifs is 1. The van der Waals surface area contributed by atoms with Crippen LogP contribution in [-0.4, -0.2) is 18.8 Å². The highest BCUT2D eigenvalue weighted by atomic mass is 16.5. The van der Waals surface area contributed by atoms with E-state index in [1.165, 1.54) is 0 Å². The molecule has 1 spiro atoms. The molecule has 2 N–H and O–H groups in total. The van der Waals surface area contributed by atoms with Gasteiger partial charge in [0.2, 0.25) is 0 Å². The Morgan fingerprint density at radius 1 is 1.31 bits per heavy atom. The minimum atomic E-state index is -0.0611. The Bertz CT molecular complexity index is 399. The first-order valence-electron chi connectivity index (χ1n) is 5.79. The Morgan fingerprint density at radius 3 is 2.81 bits per heavy atom. The third-order valence-corrected chi connectivity index (χ3v) is 3.77. The van der Waals surface area contributed by atoms with Crippen molar-refractivity contribution in [2.75, 3.05) is 7.11 Å². The molecule has 1 aliphatic carbocycles. The summed E-state index contributed by atoms with van der Waals surface area (Å²) in [6.07, 6.45) is 3.18. The highest BCUT2D eigenvalue weighted by Gasteiger charge is 2.50. The van der Waals surface area contributed by atoms with Crippen LogP contribution in [0.5, 0.6) is 5.75 Å². The van der Waals surface area contributed by atoms with E-state index in [1.54, 1.807) is 7.11 Å². The maximum atomic E-state index is 6.20. The highest BCUT2D eigenvalue weighted by Crippen LogP contribution is 2.48. The van der Waals surface area contributed by atoms with Crippen molar-refractivity contribution in [3.63, 3.8) is 0 Å². The summed E-state index contributed by atoms with van der Waals surface area (Å²) >= 11 is 0. The zero-order valence-electron chi connectivity index (χ0n) is 9.48. The predicted molar refractivity (Wildman–Crippen MR) is 61.4 cm³/mol. The number of hydrogen-bond acceptors (Lipinski definition) is 3. The van der Waals surface area contributed by atoms with Crippen molar-refractivity contribution in [2.45, 2.75) is 37.0 Å². The fourth-order valence-electron chi connectivity index (χ4n) is 2.85. The van der Waals surface area contributed by atoms with Gasteiger partial charge in [-0.25, -0.2) is 0 Å². The molecule has 3 heteroatoms. The summed E-state index contributed by atoms with van der Waals surface area (Å²) in [5.41, 5.74) is 7.27. The quantitative estimate of drug-likeness (QED) is 0.786. The predicted octanol–water partition coefficient (Wildman–Crippen LogP) is 2.02. The van der Waals surface area contributed by atoms with E-state index in [-0.39, 0.29) is 11.6 Å². The number of nitrogens with two attached hydrogens (primary N) is 1. The van der Waals surface area contributed by atoms with Gasteiger partial charge in [0.05, 0.1) is 6.10 Å². The van der Waals surface area contributed by atoms with Gasteiger partial charge in [-0.3, -0.25) is 0 Å². The smallest absolute Gasteiger partial charge is 0.124 e. The van der Waals surface area contributed by atoms with Crippen molar-refractivity contribution in [2.24, 2.45) is 5.73 Å². The molecule has 0 radical (unpaired) electrons. The molecule has 1 heterocycles. The van der Waals surface area contributed by atoms with Crippen molar-refractivity contribution in [3.8, 4) is 5.75 Å². The minimum absolute atomic E-state index is 0.0611. The molecule has 1 saturated carbocycles. The van der Waals surface area contributed by atoms with Crippen molar-refractivity contribution in [3.05, 3.63) is 29.8 Å². The summed E-state index contributed by atoms with van der Waals surface area (Å²) in [7, 11) is 1.76. The van der Waals surface area contributed by atoms with Crippen LogP contribution in [0.3, 0.4) is 0 Å². The number of methoxy groups -OCH3 is 1. The second kappa shape index (κ2) is 3.47. The lowest BCUT2D eigenvalue weighted by molar-refractivity contribution is -0.124. The molecule has 86 valence electrons. The lowest BCUT2D eigenvalue weighted by Crippen LogP contribution is -2.55. The molecule has 1 atom stereocenters. The summed E-state index contributed by atoms with van der Waals surface area (Å²) in [5.74, 6) is 0.954. The molecular formula is C13H17NO2. The Hall–Kier alpha value is -1.06. The van der Waals surface area contributed by atoms with Gasteiger partial charge in [-0.05, 0) is 6.07 Å². The first-order chi connectivity index (χ1) is 7.72. The summed E-state index contributed by atoms with van der Waals surface area (Å²) < 4.78 is 11.4. The lowest BCUT2D eigenvalue weighted by Gasteiger charge is -2.50. The van der Waals surface area contributed by atoms with Crippen molar-refractivity contribution < 1.29 is 9.47 Å². The van der Waals surface area contributed by atoms with Crippen molar-refractivity contribution >= 4 is 0 Å². The van der Waals surface area contributed by atoms with E-state index in [2.05, 4.69) is 6.07 Å². The SMILES string of the molecule is COC1CC2(C1)C[C@@H](N)c1ccccc1O2. The molecule has 1 aliphatic heterocycles. The van der Waals surface area contributed by atoms with Crippen LogP contribution in [0.1, 0.15) is 30.9 Å². The summed E-state index contributed by atoms with van der Waals surface area (Å²) in [4.78, 5) is 0. The third-order valence-electron chi connectivity index (χ3n) is 3.77. The molecule has 0 unspecified atom stereocenters. The Kier molecular flexibility index (Phi) is 2.19. The van der Waals surface area contributed by atoms with Gasteiger partial charge in [0, 0.05) is 38.0 Å². The number of ether oxygens (including phenoxy) is 2. The fraction of sp³-hybridized carbons (Fsp3) is 0.538. The first kappa shape index (κ1) is 10.1. The monoisotopic (exact) mass is 219 g/mol. The van der Waals surface area contributed by atoms with Gasteiger partial charge in [-0.1, -0.05) is 18.2 Å². The number of para-hydroxylation sites is 1. The first-order valence-corrected chi connectivity index (χ1v) is 5.79. The average Bonchev–Trinajstić information content (AvgIpc) is 2.25. The molecule has 1 aromatic carbocycles. The van der Waals surface area contributed by atoms with E-state index >= 15 is 0 Å². The molecule has 16 heavy (non-hydrogen) atoms. The number of benzene rings is 1. The summed E-state index contributed by atoms with van der Waals surface area (Å²) in [6.45, 7) is 0. The van der Waals surface area contributed by atoms with Crippen molar-refractivity contribution in [1.29, 1.82) is 0 Å². The summed E-state index contributed by atoms with van der Waals surface area (Å²) in [5, 5.41) is 0. The van der Waals surface area contributed by atoms with Gasteiger partial charge in [-0.15, -0.1) is 0 Å². The number of hydrogen-bond donors (Lipinski definition) is 1. The van der Waals surface area contributed by atoms with Crippen LogP contribution >= 0.6 is 0 Å². The van der Waals surface area contributed by atoms with Crippen LogP contribution < -0.4 is 10.5 Å². The molecular weight excluding hydrogens is 202 g/mol. The van der Waals surface area contributed by atoms with Crippen LogP contribution in [0.25, 0.3) is 0 Å². The summed E-state index contributed by atoms with van der Waals surface area (Å²) in [6, 6.07) is 8.17. The highest BCUT2D eigenvalue weighted by molar-refractivity contribution is 5.39. The second-order valence-electron chi connectivity index (χ2n) is 4.90. The Morgan fingerprint density at radius 2 is 2.06 bits per heavy atom. The Labute approximate surface area is 95.5 Å². The molecule has 0 bridgehead atoms. The van der Waals surface area contributed by atoms with Crippen LogP contribution in [0.2, 0.25) is 0 Å². The van der Waals surface area contributed by atoms with Gasteiger partial charge in [0.1, 0.15) is 11.4 Å². The van der Waals surface area contributed by atoms with E-state index in [4.69, 9.17) is 15.2 Å². The Balaban J connectivity index is 1.85. The average molecular weight is 219 g/mol. The minimum Gasteiger partial charge on any atom is -0.487 e. The topological polar surface area (TPSA) is 44.5 Å². The molecule has 1 aromatic rings. The van der Waals surface area contributed by atoms with Gasteiger partial charge in [-0.2, -0.15) is 0 Å². The zero-order chi connectivity index (χ0) is 11.2. The van der Waals surface area contributed by atoms with Gasteiger partial charge in [0.15, 0.2) is 0 Å². The second-order valence-corrected chi connectivity index (χ2v) is 4.90. The maximum Gasteiger partial charge on any atom is 0.124 e. The van der Waals surface area contributed by atoms with E-state index in [1.807, 2.05) is 18.2 Å². The van der Waals surface area contributed by atoms with E-state index in [0.717, 1.165) is 30.6 Å². The van der Waals surface area contributed by atoms with Crippen LogP contribution in [0, 0.1) is 0 Å². The van der Waals surface area contributed by atoms with Crippen molar-refractivity contribution in [1.82, 2.24) is 0 Å². The van der Waals surface area contributed by atoms with Gasteiger partial charge < -0.3 is 15.2 Å². The van der Waals surface area contributed by atoms with Gasteiger partial charge in [0.25, 0.3) is 0 Å². The largest absolute Gasteiger partial charge is 0.487 e.